The number of benzene rings is 1. The molecular weight excluding hydrogens is 258 g/mol. The number of amides is 1. The third-order valence-electron chi connectivity index (χ3n) is 2.71. The van der Waals surface area contributed by atoms with Crippen LogP contribution in [0, 0.1) is 0 Å². The van der Waals surface area contributed by atoms with E-state index in [0.717, 1.165) is 0 Å². The van der Waals surface area contributed by atoms with E-state index in [9.17, 15) is 9.90 Å². The largest absolute Gasteiger partial charge is 0.493 e. The van der Waals surface area contributed by atoms with E-state index in [1.54, 1.807) is 12.1 Å². The van der Waals surface area contributed by atoms with Crippen molar-refractivity contribution in [2.75, 3.05) is 5.32 Å². The minimum absolute atomic E-state index is 0.0604. The maximum Gasteiger partial charge on any atom is 0.255 e. The molecule has 1 amide bonds. The Kier molecular flexibility index (Phi) is 3.00. The lowest BCUT2D eigenvalue weighted by atomic mass is 10.2. The Balaban J connectivity index is 1.82. The summed E-state index contributed by atoms with van der Waals surface area (Å²) in [5, 5.41) is 16.2. The smallest absolute Gasteiger partial charge is 0.255 e. The van der Waals surface area contributed by atoms with Crippen molar-refractivity contribution in [3.63, 3.8) is 0 Å². The topological polar surface area (TPSA) is 92.4 Å². The number of rotatable bonds is 3. The fraction of sp³-hybridized carbons (Fsp3) is 0.0769. The standard InChI is InChI=1S/C13H11N5O2/c19-11(16-9-4-2-1-3-5-9)6-10-7-12(20)17-13-14-8-15-18(10)13/h1-5,7-8H,6H2,(H,16,19)(H,14,15,17,20). The first-order valence-electron chi connectivity index (χ1n) is 5.96. The van der Waals surface area contributed by atoms with Crippen LogP contribution in [-0.2, 0) is 11.2 Å². The number of aromatic nitrogens is 4. The maximum absolute atomic E-state index is 12.0. The van der Waals surface area contributed by atoms with Gasteiger partial charge in [-0.25, -0.2) is 4.52 Å². The molecule has 0 radical (unpaired) electrons. The number of nitrogens with zero attached hydrogens (tertiary/aromatic N) is 4. The zero-order valence-electron chi connectivity index (χ0n) is 10.4. The first-order valence-corrected chi connectivity index (χ1v) is 5.96. The van der Waals surface area contributed by atoms with Crippen molar-refractivity contribution < 1.29 is 9.90 Å². The normalized spacial score (nSPS) is 10.6. The molecule has 2 aromatic heterocycles. The van der Waals surface area contributed by atoms with Gasteiger partial charge in [-0.05, 0) is 12.1 Å². The van der Waals surface area contributed by atoms with Crippen LogP contribution in [-0.4, -0.2) is 30.6 Å². The fourth-order valence-electron chi connectivity index (χ4n) is 1.88. The molecule has 7 nitrogen and oxygen atoms in total. The molecule has 20 heavy (non-hydrogen) atoms. The summed E-state index contributed by atoms with van der Waals surface area (Å²) < 4.78 is 1.42. The second-order valence-corrected chi connectivity index (χ2v) is 4.17. The predicted molar refractivity (Wildman–Crippen MR) is 71.2 cm³/mol. The van der Waals surface area contributed by atoms with Gasteiger partial charge in [0.2, 0.25) is 11.8 Å². The molecule has 0 unspecified atom stereocenters. The minimum Gasteiger partial charge on any atom is -0.493 e. The molecule has 0 aliphatic rings. The van der Waals surface area contributed by atoms with Crippen LogP contribution in [0.5, 0.6) is 5.88 Å². The van der Waals surface area contributed by atoms with Gasteiger partial charge in [0.05, 0.1) is 12.1 Å². The van der Waals surface area contributed by atoms with Crippen molar-refractivity contribution in [2.24, 2.45) is 0 Å². The number of hydrogen-bond donors (Lipinski definition) is 2. The number of hydrogen-bond acceptors (Lipinski definition) is 5. The molecular formula is C13H11N5O2. The summed E-state index contributed by atoms with van der Waals surface area (Å²) in [4.78, 5) is 19.7. The van der Waals surface area contributed by atoms with Gasteiger partial charge >= 0.3 is 0 Å². The summed E-state index contributed by atoms with van der Waals surface area (Å²) in [5.41, 5.74) is 1.23. The van der Waals surface area contributed by atoms with E-state index < -0.39 is 0 Å². The molecule has 2 heterocycles. The van der Waals surface area contributed by atoms with Crippen molar-refractivity contribution >= 4 is 17.4 Å². The highest BCUT2D eigenvalue weighted by atomic mass is 16.3. The number of carbonyl (C=O) groups excluding carboxylic acids is 1. The van der Waals surface area contributed by atoms with Gasteiger partial charge in [-0.15, -0.1) is 0 Å². The number of anilines is 1. The lowest BCUT2D eigenvalue weighted by molar-refractivity contribution is -0.115. The second-order valence-electron chi connectivity index (χ2n) is 4.17. The van der Waals surface area contributed by atoms with Gasteiger partial charge in [0.1, 0.15) is 6.33 Å². The van der Waals surface area contributed by atoms with E-state index in [4.69, 9.17) is 0 Å². The SMILES string of the molecule is O=C(Cc1cc(O)nc2ncnn12)Nc1ccccc1. The van der Waals surface area contributed by atoms with Crippen molar-refractivity contribution in [3.05, 3.63) is 48.4 Å². The molecule has 0 bridgehead atoms. The summed E-state index contributed by atoms with van der Waals surface area (Å²) in [6.45, 7) is 0. The Morgan fingerprint density at radius 3 is 2.90 bits per heavy atom. The van der Waals surface area contributed by atoms with Crippen molar-refractivity contribution in [1.29, 1.82) is 0 Å². The summed E-state index contributed by atoms with van der Waals surface area (Å²) >= 11 is 0. The van der Waals surface area contributed by atoms with Crippen LogP contribution >= 0.6 is 0 Å². The minimum atomic E-state index is -0.210. The highest BCUT2D eigenvalue weighted by Crippen LogP contribution is 2.12. The number of para-hydroxylation sites is 1. The van der Waals surface area contributed by atoms with Gasteiger partial charge < -0.3 is 10.4 Å². The third-order valence-corrected chi connectivity index (χ3v) is 2.71. The van der Waals surface area contributed by atoms with Crippen LogP contribution in [0.1, 0.15) is 5.69 Å². The molecule has 3 rings (SSSR count). The predicted octanol–water partition coefficient (Wildman–Crippen LogP) is 1.01. The Morgan fingerprint density at radius 1 is 1.30 bits per heavy atom. The highest BCUT2D eigenvalue weighted by Gasteiger charge is 2.11. The Labute approximate surface area is 113 Å². The van der Waals surface area contributed by atoms with E-state index in [-0.39, 0.29) is 24.0 Å². The number of nitrogens with one attached hydrogen (secondary N) is 1. The van der Waals surface area contributed by atoms with Crippen LogP contribution in [0.25, 0.3) is 5.78 Å². The zero-order chi connectivity index (χ0) is 13.9. The molecule has 0 saturated heterocycles. The maximum atomic E-state index is 12.0. The van der Waals surface area contributed by atoms with E-state index >= 15 is 0 Å². The van der Waals surface area contributed by atoms with E-state index in [2.05, 4.69) is 20.4 Å². The lowest BCUT2D eigenvalue weighted by Gasteiger charge is -2.06. The Morgan fingerprint density at radius 2 is 2.10 bits per heavy atom. The van der Waals surface area contributed by atoms with Crippen LogP contribution in [0.15, 0.2) is 42.7 Å². The summed E-state index contributed by atoms with van der Waals surface area (Å²) in [6.07, 6.45) is 1.38. The molecule has 100 valence electrons. The van der Waals surface area contributed by atoms with Gasteiger partial charge in [-0.1, -0.05) is 18.2 Å². The molecule has 3 aromatic rings. The third kappa shape index (κ3) is 2.41. The molecule has 1 aromatic carbocycles. The van der Waals surface area contributed by atoms with E-state index in [1.807, 2.05) is 18.2 Å². The molecule has 0 aliphatic carbocycles. The highest BCUT2D eigenvalue weighted by molar-refractivity contribution is 5.92. The van der Waals surface area contributed by atoms with Crippen LogP contribution in [0.2, 0.25) is 0 Å². The van der Waals surface area contributed by atoms with Crippen molar-refractivity contribution in [2.45, 2.75) is 6.42 Å². The average Bonchev–Trinajstić information content (AvgIpc) is 2.88. The fourth-order valence-corrected chi connectivity index (χ4v) is 1.88. The molecule has 0 fully saturated rings. The first kappa shape index (κ1) is 12.1. The van der Waals surface area contributed by atoms with Crippen molar-refractivity contribution in [1.82, 2.24) is 19.6 Å². The molecule has 0 spiro atoms. The van der Waals surface area contributed by atoms with Crippen LogP contribution in [0.4, 0.5) is 5.69 Å². The molecule has 0 aliphatic heterocycles. The van der Waals surface area contributed by atoms with Crippen LogP contribution < -0.4 is 5.32 Å². The van der Waals surface area contributed by atoms with Gasteiger partial charge in [0.25, 0.3) is 5.78 Å². The summed E-state index contributed by atoms with van der Waals surface area (Å²) in [6, 6.07) is 10.5. The van der Waals surface area contributed by atoms with Gasteiger partial charge in [-0.3, -0.25) is 4.79 Å². The first-order chi connectivity index (χ1) is 9.72. The molecule has 2 N–H and O–H groups in total. The molecule has 7 heteroatoms. The van der Waals surface area contributed by atoms with Gasteiger partial charge in [0.15, 0.2) is 0 Å². The van der Waals surface area contributed by atoms with Gasteiger partial charge in [0, 0.05) is 11.8 Å². The monoisotopic (exact) mass is 269 g/mol. The van der Waals surface area contributed by atoms with E-state index in [1.165, 1.54) is 16.9 Å². The quantitative estimate of drug-likeness (QED) is 0.740. The summed E-state index contributed by atoms with van der Waals surface area (Å²) in [7, 11) is 0. The van der Waals surface area contributed by atoms with Crippen molar-refractivity contribution in [3.8, 4) is 5.88 Å². The number of aromatic hydroxyl groups is 1. The second kappa shape index (κ2) is 4.96. The zero-order valence-corrected chi connectivity index (χ0v) is 10.4. The average molecular weight is 269 g/mol. The molecule has 0 saturated carbocycles. The summed E-state index contributed by atoms with van der Waals surface area (Å²) in [5.74, 6) is -0.140. The number of fused-ring (bicyclic) bond motifs is 1. The molecule has 0 atom stereocenters. The van der Waals surface area contributed by atoms with E-state index in [0.29, 0.717) is 11.4 Å². The number of carbonyl (C=O) groups is 1. The lowest BCUT2D eigenvalue weighted by Crippen LogP contribution is -2.16. The Hall–Kier alpha value is -2.96. The van der Waals surface area contributed by atoms with Crippen LogP contribution in [0.3, 0.4) is 0 Å². The van der Waals surface area contributed by atoms with Gasteiger partial charge in [-0.2, -0.15) is 15.1 Å². The Bertz CT molecular complexity index is 754.